The Morgan fingerprint density at radius 2 is 1.79 bits per heavy atom. The molecule has 0 amide bonds. The minimum Gasteiger partial charge on any atom is -0.508 e. The second kappa shape index (κ2) is 17.4. The lowest BCUT2D eigenvalue weighted by Gasteiger charge is -2.26. The van der Waals surface area contributed by atoms with Crippen LogP contribution in [0.5, 0.6) is 17.2 Å². The molecule has 0 aromatic heterocycles. The van der Waals surface area contributed by atoms with Gasteiger partial charge in [-0.15, -0.1) is 0 Å². The van der Waals surface area contributed by atoms with Gasteiger partial charge in [0.15, 0.2) is 11.5 Å². The molecule has 8 nitrogen and oxygen atoms in total. The van der Waals surface area contributed by atoms with Crippen molar-refractivity contribution in [2.75, 3.05) is 27.0 Å². The van der Waals surface area contributed by atoms with Crippen LogP contribution in [0, 0.1) is 0 Å². The van der Waals surface area contributed by atoms with Crippen molar-refractivity contribution >= 4 is 38.1 Å². The average molecular weight is 691 g/mol. The lowest BCUT2D eigenvalue weighted by Crippen LogP contribution is -2.28. The lowest BCUT2D eigenvalue weighted by molar-refractivity contribution is -0.124. The molecule has 0 bridgehead atoms. The van der Waals surface area contributed by atoms with E-state index < -0.39 is 6.23 Å². The number of nitrogens with one attached hydrogen (secondary N) is 2. The zero-order valence-electron chi connectivity index (χ0n) is 27.9. The van der Waals surface area contributed by atoms with Crippen LogP contribution in [-0.4, -0.2) is 54.2 Å². The number of carbonyl (C=O) groups excluding carboxylic acids is 1. The highest BCUT2D eigenvalue weighted by Gasteiger charge is 2.24. The van der Waals surface area contributed by atoms with Gasteiger partial charge in [-0.1, -0.05) is 64.4 Å². The van der Waals surface area contributed by atoms with Crippen LogP contribution in [0.3, 0.4) is 0 Å². The van der Waals surface area contributed by atoms with Crippen molar-refractivity contribution < 1.29 is 29.6 Å². The van der Waals surface area contributed by atoms with Gasteiger partial charge in [0.05, 0.1) is 19.8 Å². The highest BCUT2D eigenvalue weighted by molar-refractivity contribution is 8.76. The summed E-state index contributed by atoms with van der Waals surface area (Å²) in [5.41, 5.74) is 6.45. The Bertz CT molecular complexity index is 1710. The van der Waals surface area contributed by atoms with Crippen LogP contribution in [0.4, 0.5) is 0 Å². The number of Topliss-reactive ketones (excluding diaryl/α,β-unsaturated/α-hetero) is 1. The number of hydrogen-bond acceptors (Lipinski definition) is 10. The molecule has 10 heteroatoms. The van der Waals surface area contributed by atoms with Crippen molar-refractivity contribution in [1.82, 2.24) is 10.6 Å². The normalized spacial score (nSPS) is 17.1. The maximum absolute atomic E-state index is 13.6. The van der Waals surface area contributed by atoms with Crippen molar-refractivity contribution in [3.05, 3.63) is 88.5 Å². The molecule has 0 unspecified atom stereocenters. The van der Waals surface area contributed by atoms with Gasteiger partial charge in [-0.2, -0.15) is 0 Å². The summed E-state index contributed by atoms with van der Waals surface area (Å²) < 4.78 is 12.4. The smallest absolute Gasteiger partial charge is 0.168 e. The molecule has 256 valence electrons. The number of carbonyl (C=O) groups is 1. The van der Waals surface area contributed by atoms with E-state index in [2.05, 4.69) is 16.7 Å². The fourth-order valence-corrected chi connectivity index (χ4v) is 8.71. The van der Waals surface area contributed by atoms with Crippen molar-refractivity contribution in [1.29, 1.82) is 0 Å². The average Bonchev–Trinajstić information content (AvgIpc) is 3.09. The molecule has 0 radical (unpaired) electrons. The predicted octanol–water partition coefficient (Wildman–Crippen LogP) is 7.40. The number of ketones is 1. The monoisotopic (exact) mass is 690 g/mol. The SMILES string of the molecule is CNCc1ccc([C@@H](NC)O[C@H]2CCCCSSCc3c(ccc4ccc(O)cc34)-c3c(ccc(O)c3OC)CCC(=O)C2)cc1CO. The number of methoxy groups -OCH3 is 1. The molecular weight excluding hydrogens is 645 g/mol. The number of rotatable bonds is 8. The van der Waals surface area contributed by atoms with Crippen molar-refractivity contribution in [3.63, 3.8) is 0 Å². The topological polar surface area (TPSA) is 120 Å². The van der Waals surface area contributed by atoms with E-state index in [9.17, 15) is 20.1 Å². The number of fused-ring (bicyclic) bond motifs is 5. The third-order valence-corrected chi connectivity index (χ3v) is 11.3. The van der Waals surface area contributed by atoms with Crippen molar-refractivity contribution in [2.45, 2.75) is 69.8 Å². The lowest BCUT2D eigenvalue weighted by atomic mass is 9.89. The number of ether oxygens (including phenoxy) is 2. The molecule has 5 rings (SSSR count). The summed E-state index contributed by atoms with van der Waals surface area (Å²) in [4.78, 5) is 13.6. The number of aromatic hydroxyl groups is 2. The van der Waals surface area contributed by atoms with Gasteiger partial charge >= 0.3 is 0 Å². The number of phenols is 2. The summed E-state index contributed by atoms with van der Waals surface area (Å²) in [7, 11) is 8.86. The second-order valence-electron chi connectivity index (χ2n) is 12.1. The number of aliphatic hydroxyl groups is 1. The Morgan fingerprint density at radius 3 is 2.56 bits per heavy atom. The molecule has 0 spiro atoms. The van der Waals surface area contributed by atoms with Gasteiger partial charge in [0, 0.05) is 36.5 Å². The van der Waals surface area contributed by atoms with E-state index in [1.54, 1.807) is 36.1 Å². The molecule has 1 aliphatic heterocycles. The minimum atomic E-state index is -0.425. The molecule has 0 saturated heterocycles. The zero-order valence-corrected chi connectivity index (χ0v) is 29.5. The van der Waals surface area contributed by atoms with Crippen LogP contribution in [0.15, 0.2) is 60.7 Å². The molecule has 0 aliphatic carbocycles. The Labute approximate surface area is 291 Å². The van der Waals surface area contributed by atoms with Gasteiger partial charge in [-0.05, 0) is 102 Å². The first-order valence-corrected chi connectivity index (χ1v) is 18.9. The van der Waals surface area contributed by atoms with Crippen molar-refractivity contribution in [3.8, 4) is 28.4 Å². The van der Waals surface area contributed by atoms with E-state index >= 15 is 0 Å². The van der Waals surface area contributed by atoms with E-state index in [0.29, 0.717) is 30.9 Å². The molecule has 48 heavy (non-hydrogen) atoms. The highest BCUT2D eigenvalue weighted by Crippen LogP contribution is 2.45. The van der Waals surface area contributed by atoms with E-state index in [1.807, 2.05) is 61.3 Å². The minimum absolute atomic E-state index is 0.0379. The number of benzene rings is 4. The molecule has 0 saturated carbocycles. The molecule has 4 aromatic carbocycles. The fraction of sp³-hybridized carbons (Fsp3) is 0.395. The van der Waals surface area contributed by atoms with E-state index in [4.69, 9.17) is 9.47 Å². The summed E-state index contributed by atoms with van der Waals surface area (Å²) in [6.07, 6.45) is 3.04. The third-order valence-electron chi connectivity index (χ3n) is 8.89. The quantitative estimate of drug-likeness (QED) is 0.0945. The molecule has 5 N–H and O–H groups in total. The Balaban J connectivity index is 1.45. The summed E-state index contributed by atoms with van der Waals surface area (Å²) in [5, 5.41) is 39.7. The first-order chi connectivity index (χ1) is 23.4. The van der Waals surface area contributed by atoms with E-state index in [-0.39, 0.29) is 36.4 Å². The Kier molecular flexibility index (Phi) is 13.1. The molecular formula is C38H46N2O6S2. The maximum atomic E-state index is 13.6. The number of hydrogen-bond donors (Lipinski definition) is 5. The standard InChI is InChI=1S/C38H46N2O6S2/c1-39-21-27-8-7-26(18-28(27)22-41)38(40-2)46-31-6-4-5-17-47-48-23-34-32(15-11-24-9-13-30(43)20-33(24)34)36-25(10-14-29(42)19-31)12-16-35(44)37(36)45-3/h7-9,11-13,15-16,18,20,31,38-41,43-44H,4-6,10,14,17,19,21-23H2,1-3H3/t31-,38-/m0/s1. The van der Waals surface area contributed by atoms with Gasteiger partial charge in [0.2, 0.25) is 0 Å². The molecule has 2 atom stereocenters. The van der Waals surface area contributed by atoms with E-state index in [1.165, 1.54) is 0 Å². The maximum Gasteiger partial charge on any atom is 0.168 e. The molecule has 1 aliphatic rings. The Hall–Kier alpha value is -3.25. The Morgan fingerprint density at radius 1 is 0.958 bits per heavy atom. The molecule has 4 aromatic rings. The molecule has 0 fully saturated rings. The van der Waals surface area contributed by atoms with Gasteiger partial charge in [0.1, 0.15) is 17.8 Å². The second-order valence-corrected chi connectivity index (χ2v) is 14.7. The van der Waals surface area contributed by atoms with Crippen LogP contribution in [0.25, 0.3) is 21.9 Å². The summed E-state index contributed by atoms with van der Waals surface area (Å²) in [6, 6.07) is 19.0. The predicted molar refractivity (Wildman–Crippen MR) is 197 cm³/mol. The van der Waals surface area contributed by atoms with Gasteiger partial charge in [-0.25, -0.2) is 0 Å². The van der Waals surface area contributed by atoms with Crippen molar-refractivity contribution in [2.24, 2.45) is 0 Å². The van der Waals surface area contributed by atoms with Crippen LogP contribution >= 0.6 is 21.6 Å². The van der Waals surface area contributed by atoms with Gasteiger partial charge in [-0.3, -0.25) is 10.1 Å². The van der Waals surface area contributed by atoms with Gasteiger partial charge in [0.25, 0.3) is 0 Å². The first-order valence-electron chi connectivity index (χ1n) is 16.5. The van der Waals surface area contributed by atoms with E-state index in [0.717, 1.165) is 74.7 Å². The summed E-state index contributed by atoms with van der Waals surface area (Å²) in [5.74, 6) is 2.35. The fourth-order valence-electron chi connectivity index (χ4n) is 6.45. The highest BCUT2D eigenvalue weighted by atomic mass is 33.1. The van der Waals surface area contributed by atoms with Crippen LogP contribution in [0.1, 0.15) is 66.1 Å². The summed E-state index contributed by atoms with van der Waals surface area (Å²) in [6.45, 7) is 0.598. The molecule has 1 heterocycles. The number of aliphatic hydroxyl groups excluding tert-OH is 1. The summed E-state index contributed by atoms with van der Waals surface area (Å²) >= 11 is 0. The number of phenolic OH excluding ortho intramolecular Hbond substituents is 2. The third kappa shape index (κ3) is 8.66. The van der Waals surface area contributed by atoms with Gasteiger partial charge < -0.3 is 30.1 Å². The largest absolute Gasteiger partial charge is 0.508 e. The zero-order chi connectivity index (χ0) is 34.0. The van der Waals surface area contributed by atoms with Crippen LogP contribution in [-0.2, 0) is 34.9 Å². The van der Waals surface area contributed by atoms with Crippen LogP contribution in [0.2, 0.25) is 0 Å². The number of aryl methyl sites for hydroxylation is 1. The van der Waals surface area contributed by atoms with Crippen LogP contribution < -0.4 is 15.4 Å². The first kappa shape index (κ1) is 36.0.